The Kier molecular flexibility index (Phi) is 14.8. The van der Waals surface area contributed by atoms with Gasteiger partial charge in [0.25, 0.3) is 5.91 Å². The summed E-state index contributed by atoms with van der Waals surface area (Å²) in [5.74, 6) is -1.53. The van der Waals surface area contributed by atoms with Crippen molar-refractivity contribution >= 4 is 48.3 Å². The van der Waals surface area contributed by atoms with Gasteiger partial charge in [-0.05, 0) is 74.6 Å². The minimum absolute atomic E-state index is 0.00991. The second-order valence-electron chi connectivity index (χ2n) is 14.2. The van der Waals surface area contributed by atoms with E-state index in [2.05, 4.69) is 36.6 Å². The van der Waals surface area contributed by atoms with Gasteiger partial charge < -0.3 is 48.9 Å². The lowest BCUT2D eigenvalue weighted by molar-refractivity contribution is -0.362. The molecule has 0 aliphatic carbocycles. The molecule has 5 N–H and O–H groups in total. The number of amides is 5. The van der Waals surface area contributed by atoms with Gasteiger partial charge in [0.1, 0.15) is 17.8 Å². The lowest BCUT2D eigenvalue weighted by Crippen LogP contribution is -2.50. The van der Waals surface area contributed by atoms with Crippen molar-refractivity contribution < 1.29 is 41.8 Å². The van der Waals surface area contributed by atoms with Gasteiger partial charge in [0, 0.05) is 68.9 Å². The number of unbranched alkanes of at least 4 members (excludes halogenated alkanes) is 1. The van der Waals surface area contributed by atoms with Crippen LogP contribution >= 0.6 is 0 Å². The lowest BCUT2D eigenvalue weighted by Gasteiger charge is -2.30. The van der Waals surface area contributed by atoms with E-state index in [0.717, 1.165) is 14.5 Å². The Morgan fingerprint density at radius 3 is 2.39 bits per heavy atom. The maximum absolute atomic E-state index is 15.7. The van der Waals surface area contributed by atoms with Gasteiger partial charge in [-0.2, -0.15) is 5.26 Å². The van der Waals surface area contributed by atoms with Crippen molar-refractivity contribution in [3.8, 4) is 11.8 Å². The second kappa shape index (κ2) is 20.1. The van der Waals surface area contributed by atoms with Gasteiger partial charge in [0.05, 0.1) is 25.5 Å². The van der Waals surface area contributed by atoms with Crippen LogP contribution in [0.4, 0.5) is 8.63 Å². The summed E-state index contributed by atoms with van der Waals surface area (Å²) in [5, 5.41) is 22.2. The van der Waals surface area contributed by atoms with Crippen LogP contribution in [0.3, 0.4) is 0 Å². The molecule has 1 atom stereocenters. The van der Waals surface area contributed by atoms with Crippen LogP contribution in [0, 0.1) is 25.2 Å². The number of hydrogen-bond donors (Lipinski definition) is 5. The molecule has 0 spiro atoms. The van der Waals surface area contributed by atoms with Crippen LogP contribution in [0.25, 0.3) is 6.08 Å². The molecule has 0 fully saturated rings. The number of allylic oxidation sites excluding steroid dienone is 2. The molecule has 310 valence electrons. The fourth-order valence-corrected chi connectivity index (χ4v) is 6.75. The number of carbonyl (C=O) groups is 5. The highest BCUT2D eigenvalue weighted by molar-refractivity contribution is 6.58. The summed E-state index contributed by atoms with van der Waals surface area (Å²) >= 11 is 0. The van der Waals surface area contributed by atoms with E-state index in [1.54, 1.807) is 62.4 Å². The number of nitrogens with zero attached hydrogens (tertiary/aromatic N) is 5. The highest BCUT2D eigenvalue weighted by Crippen LogP contribution is 2.34. The molecule has 5 rings (SSSR count). The van der Waals surface area contributed by atoms with Crippen molar-refractivity contribution in [1.29, 1.82) is 5.26 Å². The van der Waals surface area contributed by atoms with Crippen LogP contribution in [0.2, 0.25) is 0 Å². The molecule has 1 unspecified atom stereocenters. The van der Waals surface area contributed by atoms with E-state index in [0.29, 0.717) is 72.1 Å². The van der Waals surface area contributed by atoms with Crippen LogP contribution in [0.1, 0.15) is 84.1 Å². The number of ether oxygens (including phenoxy) is 1. The van der Waals surface area contributed by atoms with Gasteiger partial charge in [0.2, 0.25) is 29.5 Å². The summed E-state index contributed by atoms with van der Waals surface area (Å²) in [4.78, 5) is 70.0. The van der Waals surface area contributed by atoms with Gasteiger partial charge in [-0.25, -0.2) is 9.97 Å². The molecule has 59 heavy (non-hydrogen) atoms. The van der Waals surface area contributed by atoms with E-state index in [4.69, 9.17) is 10.00 Å². The Morgan fingerprint density at radius 2 is 1.68 bits per heavy atom. The first-order valence-corrected chi connectivity index (χ1v) is 19.3. The van der Waals surface area contributed by atoms with E-state index < -0.39 is 30.7 Å². The molecule has 4 heterocycles. The molecule has 0 saturated carbocycles. The minimum Gasteiger partial charge on any atom is -0.490 e. The predicted molar refractivity (Wildman–Crippen MR) is 214 cm³/mol. The number of carbonyl (C=O) groups excluding carboxylic acids is 5. The van der Waals surface area contributed by atoms with Crippen LogP contribution in [-0.2, 0) is 25.7 Å². The molecule has 16 nitrogen and oxygen atoms in total. The molecule has 3 aromatic rings. The third kappa shape index (κ3) is 11.7. The Hall–Kier alpha value is -6.71. The van der Waals surface area contributed by atoms with Crippen molar-refractivity contribution in [2.24, 2.45) is 0 Å². The molecule has 1 aromatic carbocycles. The number of aryl methyl sites for hydroxylation is 2. The molecule has 19 heteroatoms. The van der Waals surface area contributed by atoms with E-state index in [9.17, 15) is 24.0 Å². The van der Waals surface area contributed by atoms with Crippen molar-refractivity contribution in [2.45, 2.75) is 71.9 Å². The molecule has 2 aromatic heterocycles. The summed E-state index contributed by atoms with van der Waals surface area (Å²) in [5.41, 5.74) is 3.62. The minimum atomic E-state index is -4.11. The first kappa shape index (κ1) is 43.4. The summed E-state index contributed by atoms with van der Waals surface area (Å²) in [6.07, 6.45) is 9.64. The Labute approximate surface area is 340 Å². The van der Waals surface area contributed by atoms with E-state index in [1.807, 2.05) is 6.07 Å². The SMILES string of the molecule is CC(=O)NCC(=O)NC(CCCCNC(=O)CCC1=[N+]2C(=Cc3c(C)cc(C)n3[B-]2(F)F)C=C1)C(=O)NCc1ccc(C(=O)NCCCOc2cnc(C#N)nc2)cc1. The number of rotatable bonds is 20. The number of halogens is 2. The quantitative estimate of drug-likeness (QED) is 0.0837. The fourth-order valence-electron chi connectivity index (χ4n) is 6.75. The Balaban J connectivity index is 1.04. The number of nitriles is 1. The zero-order valence-corrected chi connectivity index (χ0v) is 33.1. The first-order valence-electron chi connectivity index (χ1n) is 19.3. The van der Waals surface area contributed by atoms with Gasteiger partial charge in [0.15, 0.2) is 11.4 Å². The van der Waals surface area contributed by atoms with Crippen molar-refractivity contribution in [3.63, 3.8) is 0 Å². The molecular weight excluding hydrogens is 765 g/mol. The van der Waals surface area contributed by atoms with Crippen LogP contribution in [-0.4, -0.2) is 93.4 Å². The molecular formula is C40H47BF2N10O6. The number of hydrogen-bond acceptors (Lipinski definition) is 9. The topological polar surface area (TPSA) is 212 Å². The van der Waals surface area contributed by atoms with Gasteiger partial charge in [-0.3, -0.25) is 24.0 Å². The molecule has 2 aliphatic rings. The predicted octanol–water partition coefficient (Wildman–Crippen LogP) is 2.57. The first-order chi connectivity index (χ1) is 28.3. The maximum atomic E-state index is 15.7. The van der Waals surface area contributed by atoms with Crippen LogP contribution in [0.5, 0.6) is 5.75 Å². The Bertz CT molecular complexity index is 2200. The zero-order chi connectivity index (χ0) is 42.5. The molecule has 0 radical (unpaired) electrons. The fraction of sp³-hybridized carbons (Fsp3) is 0.375. The highest BCUT2D eigenvalue weighted by Gasteiger charge is 2.52. The van der Waals surface area contributed by atoms with Crippen LogP contribution in [0.15, 0.2) is 60.6 Å². The standard InChI is InChI=1S/C40H47BF2N10O6/c1-26-19-27(2)52-35(26)20-32-13-12-31(53(32)41(52,42)43)14-15-37(55)45-16-5-4-7-34(51-38(56)25-47-28(3)54)40(58)50-22-29-8-10-30(11-9-29)39(57)46-17-6-18-59-33-23-48-36(21-44)49-24-33/h8-13,19-20,23-24,34H,4-7,14-18,22,25H2,1-3H3,(H,45,55)(H,46,57)(H,47,54)(H,50,58)(H,51,56). The van der Waals surface area contributed by atoms with E-state index in [1.165, 1.54) is 19.3 Å². The number of benzene rings is 1. The largest absolute Gasteiger partial charge is 0.737 e. The molecule has 2 aliphatic heterocycles. The molecule has 0 bridgehead atoms. The summed E-state index contributed by atoms with van der Waals surface area (Å²) in [6.45, 7) is 1.36. The normalized spacial score (nSPS) is 13.9. The lowest BCUT2D eigenvalue weighted by atomic mass is 9.90. The van der Waals surface area contributed by atoms with Gasteiger partial charge >= 0.3 is 6.97 Å². The Morgan fingerprint density at radius 1 is 0.949 bits per heavy atom. The molecule has 0 saturated heterocycles. The van der Waals surface area contributed by atoms with E-state index >= 15 is 8.63 Å². The van der Waals surface area contributed by atoms with Crippen molar-refractivity contribution in [1.82, 2.24) is 41.0 Å². The maximum Gasteiger partial charge on any atom is 0.737 e. The van der Waals surface area contributed by atoms with Crippen molar-refractivity contribution in [3.05, 3.63) is 94.5 Å². The summed E-state index contributed by atoms with van der Waals surface area (Å²) in [6, 6.07) is 9.29. The third-order valence-corrected chi connectivity index (χ3v) is 9.69. The third-order valence-electron chi connectivity index (χ3n) is 9.69. The molecule has 5 amide bonds. The summed E-state index contributed by atoms with van der Waals surface area (Å²) in [7, 11) is 0. The van der Waals surface area contributed by atoms with Crippen LogP contribution < -0.4 is 31.3 Å². The number of aromatic nitrogens is 3. The second-order valence-corrected chi connectivity index (χ2v) is 14.2. The average molecular weight is 813 g/mol. The number of nitrogens with one attached hydrogen (secondary N) is 5. The zero-order valence-electron chi connectivity index (χ0n) is 33.1. The smallest absolute Gasteiger partial charge is 0.490 e. The van der Waals surface area contributed by atoms with Gasteiger partial charge in [-0.1, -0.05) is 12.1 Å². The highest BCUT2D eigenvalue weighted by atomic mass is 19.2. The van der Waals surface area contributed by atoms with E-state index in [-0.39, 0.29) is 56.5 Å². The number of fused-ring (bicyclic) bond motifs is 2. The average Bonchev–Trinajstić information content (AvgIpc) is 3.77. The summed E-state index contributed by atoms with van der Waals surface area (Å²) < 4.78 is 39.0. The monoisotopic (exact) mass is 812 g/mol. The van der Waals surface area contributed by atoms with Gasteiger partial charge in [-0.15, -0.1) is 0 Å². The van der Waals surface area contributed by atoms with Crippen molar-refractivity contribution in [2.75, 3.05) is 26.2 Å².